The first-order valence-corrected chi connectivity index (χ1v) is 7.05. The highest BCUT2D eigenvalue weighted by atomic mass is 16.4. The second kappa shape index (κ2) is 6.26. The van der Waals surface area contributed by atoms with Gasteiger partial charge in [0, 0.05) is 12.6 Å². The molecule has 1 aliphatic rings. The van der Waals surface area contributed by atoms with Crippen molar-refractivity contribution in [2.45, 2.75) is 53.0 Å². The summed E-state index contributed by atoms with van der Waals surface area (Å²) >= 11 is 0. The maximum atomic E-state index is 11.8. The van der Waals surface area contributed by atoms with Gasteiger partial charge in [-0.1, -0.05) is 27.2 Å². The maximum absolute atomic E-state index is 11.8. The second-order valence-corrected chi connectivity index (χ2v) is 6.24. The lowest BCUT2D eigenvalue weighted by atomic mass is 9.85. The molecule has 3 unspecified atom stereocenters. The third-order valence-electron chi connectivity index (χ3n) is 4.47. The molecule has 0 aliphatic heterocycles. The third-order valence-corrected chi connectivity index (χ3v) is 4.47. The molecule has 0 aromatic carbocycles. The Hall–Kier alpha value is -1.26. The molecule has 1 rings (SSSR count). The van der Waals surface area contributed by atoms with E-state index in [2.05, 4.69) is 31.4 Å². The SMILES string of the molecule is CC(C)C(C)CNC(=O)NC1CCCC1(C)C(=O)O. The van der Waals surface area contributed by atoms with Crippen molar-refractivity contribution >= 4 is 12.0 Å². The van der Waals surface area contributed by atoms with Gasteiger partial charge >= 0.3 is 12.0 Å². The highest BCUT2D eigenvalue weighted by Crippen LogP contribution is 2.38. The van der Waals surface area contributed by atoms with E-state index in [4.69, 9.17) is 0 Å². The van der Waals surface area contributed by atoms with E-state index in [1.54, 1.807) is 6.92 Å². The zero-order chi connectivity index (χ0) is 14.6. The predicted octanol–water partition coefficient (Wildman–Crippen LogP) is 2.22. The summed E-state index contributed by atoms with van der Waals surface area (Å²) in [5.41, 5.74) is -0.832. The summed E-state index contributed by atoms with van der Waals surface area (Å²) in [6, 6.07) is -0.536. The van der Waals surface area contributed by atoms with E-state index in [9.17, 15) is 14.7 Å². The van der Waals surface area contributed by atoms with Gasteiger partial charge < -0.3 is 15.7 Å². The molecule has 110 valence electrons. The Labute approximate surface area is 115 Å². The Morgan fingerprint density at radius 1 is 1.37 bits per heavy atom. The smallest absolute Gasteiger partial charge is 0.315 e. The minimum absolute atomic E-state index is 0.258. The summed E-state index contributed by atoms with van der Waals surface area (Å²) in [6.07, 6.45) is 2.20. The Bertz CT molecular complexity index is 344. The molecule has 2 amide bonds. The van der Waals surface area contributed by atoms with Gasteiger partial charge in [-0.3, -0.25) is 4.79 Å². The van der Waals surface area contributed by atoms with Crippen LogP contribution in [0.25, 0.3) is 0 Å². The number of aliphatic carboxylic acids is 1. The molecule has 0 radical (unpaired) electrons. The lowest BCUT2D eigenvalue weighted by Gasteiger charge is -2.28. The largest absolute Gasteiger partial charge is 0.481 e. The van der Waals surface area contributed by atoms with Gasteiger partial charge in [0.2, 0.25) is 0 Å². The van der Waals surface area contributed by atoms with E-state index in [1.807, 2.05) is 0 Å². The third kappa shape index (κ3) is 3.85. The Morgan fingerprint density at radius 3 is 2.53 bits per heavy atom. The Morgan fingerprint density at radius 2 is 2.00 bits per heavy atom. The lowest BCUT2D eigenvalue weighted by Crippen LogP contribution is -2.50. The number of rotatable bonds is 5. The molecule has 0 spiro atoms. The van der Waals surface area contributed by atoms with Crippen LogP contribution in [-0.4, -0.2) is 29.7 Å². The summed E-state index contributed by atoms with van der Waals surface area (Å²) < 4.78 is 0. The molecule has 0 saturated heterocycles. The van der Waals surface area contributed by atoms with Crippen LogP contribution in [0.5, 0.6) is 0 Å². The molecular formula is C14H26N2O3. The van der Waals surface area contributed by atoms with Gasteiger partial charge in [0.15, 0.2) is 0 Å². The molecule has 5 nitrogen and oxygen atoms in total. The van der Waals surface area contributed by atoms with Gasteiger partial charge in [0.1, 0.15) is 0 Å². The van der Waals surface area contributed by atoms with Gasteiger partial charge in [-0.15, -0.1) is 0 Å². The fraction of sp³-hybridized carbons (Fsp3) is 0.857. The van der Waals surface area contributed by atoms with E-state index < -0.39 is 11.4 Å². The summed E-state index contributed by atoms with van der Waals surface area (Å²) in [4.78, 5) is 23.1. The van der Waals surface area contributed by atoms with Crippen LogP contribution in [0.4, 0.5) is 4.79 Å². The summed E-state index contributed by atoms with van der Waals surface area (Å²) in [7, 11) is 0. The van der Waals surface area contributed by atoms with Gasteiger partial charge in [-0.2, -0.15) is 0 Å². The molecule has 19 heavy (non-hydrogen) atoms. The molecule has 3 N–H and O–H groups in total. The molecule has 3 atom stereocenters. The molecule has 1 aliphatic carbocycles. The van der Waals surface area contributed by atoms with Crippen molar-refractivity contribution in [2.24, 2.45) is 17.3 Å². The first-order valence-electron chi connectivity index (χ1n) is 7.05. The van der Waals surface area contributed by atoms with E-state index in [0.29, 0.717) is 24.8 Å². The Kier molecular flexibility index (Phi) is 5.20. The Balaban J connectivity index is 2.46. The van der Waals surface area contributed by atoms with Crippen molar-refractivity contribution in [3.63, 3.8) is 0 Å². The van der Waals surface area contributed by atoms with Crippen LogP contribution in [0.1, 0.15) is 47.0 Å². The minimum Gasteiger partial charge on any atom is -0.481 e. The van der Waals surface area contributed by atoms with Gasteiger partial charge in [-0.25, -0.2) is 4.79 Å². The number of carboxylic acids is 1. The van der Waals surface area contributed by atoms with Crippen molar-refractivity contribution in [1.29, 1.82) is 0 Å². The maximum Gasteiger partial charge on any atom is 0.315 e. The predicted molar refractivity (Wildman–Crippen MR) is 73.9 cm³/mol. The number of hydrogen-bond donors (Lipinski definition) is 3. The first kappa shape index (κ1) is 15.8. The van der Waals surface area contributed by atoms with Crippen LogP contribution in [-0.2, 0) is 4.79 Å². The van der Waals surface area contributed by atoms with E-state index in [-0.39, 0.29) is 12.1 Å². The van der Waals surface area contributed by atoms with E-state index in [0.717, 1.165) is 12.8 Å². The number of urea groups is 1. The first-order chi connectivity index (χ1) is 8.77. The van der Waals surface area contributed by atoms with Gasteiger partial charge in [0.05, 0.1) is 5.41 Å². The topological polar surface area (TPSA) is 78.4 Å². The van der Waals surface area contributed by atoms with Crippen molar-refractivity contribution in [3.05, 3.63) is 0 Å². The molecule has 1 saturated carbocycles. The molecule has 5 heteroatoms. The molecule has 0 aromatic rings. The average Bonchev–Trinajstić information content (AvgIpc) is 2.69. The van der Waals surface area contributed by atoms with Gasteiger partial charge in [0.25, 0.3) is 0 Å². The monoisotopic (exact) mass is 270 g/mol. The van der Waals surface area contributed by atoms with Crippen LogP contribution in [0.2, 0.25) is 0 Å². The second-order valence-electron chi connectivity index (χ2n) is 6.24. The molecule has 0 aromatic heterocycles. The van der Waals surface area contributed by atoms with Crippen molar-refractivity contribution in [1.82, 2.24) is 10.6 Å². The number of nitrogens with one attached hydrogen (secondary N) is 2. The summed E-state index contributed by atoms with van der Waals surface area (Å²) in [5.74, 6) is 0.0853. The normalized spacial score (nSPS) is 28.2. The fourth-order valence-electron chi connectivity index (χ4n) is 2.35. The zero-order valence-corrected chi connectivity index (χ0v) is 12.3. The molecule has 1 fully saturated rings. The number of carbonyl (C=O) groups is 2. The zero-order valence-electron chi connectivity index (χ0n) is 12.3. The van der Waals surface area contributed by atoms with Crippen LogP contribution < -0.4 is 10.6 Å². The molecule has 0 bridgehead atoms. The number of carbonyl (C=O) groups excluding carboxylic acids is 1. The van der Waals surface area contributed by atoms with Crippen LogP contribution in [0.3, 0.4) is 0 Å². The molecular weight excluding hydrogens is 244 g/mol. The highest BCUT2D eigenvalue weighted by molar-refractivity contribution is 5.79. The molecule has 0 heterocycles. The lowest BCUT2D eigenvalue weighted by molar-refractivity contribution is -0.148. The standard InChI is InChI=1S/C14H26N2O3/c1-9(2)10(3)8-15-13(19)16-11-6-5-7-14(11,4)12(17)18/h9-11H,5-8H2,1-4H3,(H,17,18)(H2,15,16,19). The number of hydrogen-bond acceptors (Lipinski definition) is 2. The average molecular weight is 270 g/mol. The van der Waals surface area contributed by atoms with Crippen molar-refractivity contribution in [2.75, 3.05) is 6.54 Å². The van der Waals surface area contributed by atoms with E-state index >= 15 is 0 Å². The van der Waals surface area contributed by atoms with Crippen molar-refractivity contribution in [3.8, 4) is 0 Å². The number of carboxylic acid groups (broad SMARTS) is 1. The highest BCUT2D eigenvalue weighted by Gasteiger charge is 2.45. The minimum atomic E-state index is -0.832. The van der Waals surface area contributed by atoms with Crippen LogP contribution in [0.15, 0.2) is 0 Å². The van der Waals surface area contributed by atoms with Crippen LogP contribution in [0, 0.1) is 17.3 Å². The van der Waals surface area contributed by atoms with Crippen LogP contribution >= 0.6 is 0 Å². The van der Waals surface area contributed by atoms with E-state index in [1.165, 1.54) is 0 Å². The fourth-order valence-corrected chi connectivity index (χ4v) is 2.35. The number of amides is 2. The van der Waals surface area contributed by atoms with Gasteiger partial charge in [-0.05, 0) is 31.6 Å². The quantitative estimate of drug-likeness (QED) is 0.716. The summed E-state index contributed by atoms with van der Waals surface area (Å²) in [5, 5.41) is 14.9. The summed E-state index contributed by atoms with van der Waals surface area (Å²) in [6.45, 7) is 8.64. The van der Waals surface area contributed by atoms with Crippen molar-refractivity contribution < 1.29 is 14.7 Å².